The van der Waals surface area contributed by atoms with Crippen molar-refractivity contribution in [1.29, 1.82) is 0 Å². The predicted octanol–water partition coefficient (Wildman–Crippen LogP) is 3.47. The van der Waals surface area contributed by atoms with Gasteiger partial charge in [-0.3, -0.25) is 14.5 Å². The molecule has 3 rings (SSSR count). The summed E-state index contributed by atoms with van der Waals surface area (Å²) in [5.41, 5.74) is 1.93. The molecule has 3 atom stereocenters. The Bertz CT molecular complexity index is 698. The summed E-state index contributed by atoms with van der Waals surface area (Å²) >= 11 is 6.28. The van der Waals surface area contributed by atoms with Crippen LogP contribution in [0.2, 0.25) is 5.02 Å². The molecule has 6 heteroatoms. The Labute approximate surface area is 153 Å². The number of carboxylic acids is 1. The van der Waals surface area contributed by atoms with E-state index in [0.717, 1.165) is 24.0 Å². The van der Waals surface area contributed by atoms with E-state index in [9.17, 15) is 14.7 Å². The van der Waals surface area contributed by atoms with E-state index in [1.165, 1.54) is 0 Å². The van der Waals surface area contributed by atoms with E-state index in [0.29, 0.717) is 30.2 Å². The maximum atomic E-state index is 12.7. The normalized spacial score (nSPS) is 27.1. The zero-order valence-electron chi connectivity index (χ0n) is 14.9. The summed E-state index contributed by atoms with van der Waals surface area (Å²) in [6.07, 6.45) is 2.60. The molecule has 0 aromatic heterocycles. The van der Waals surface area contributed by atoms with Crippen LogP contribution in [0, 0.1) is 25.2 Å². The van der Waals surface area contributed by atoms with Gasteiger partial charge in [-0.15, -0.1) is 0 Å². The van der Waals surface area contributed by atoms with Crippen molar-refractivity contribution in [2.45, 2.75) is 46.1 Å². The molecular weight excluding hydrogens is 340 g/mol. The van der Waals surface area contributed by atoms with E-state index >= 15 is 0 Å². The van der Waals surface area contributed by atoms with Crippen LogP contribution in [0.1, 0.15) is 37.3 Å². The molecule has 1 aliphatic heterocycles. The molecule has 0 bridgehead atoms. The molecule has 2 N–H and O–H groups in total. The Balaban J connectivity index is 1.73. The molecule has 2 fully saturated rings. The average Bonchev–Trinajstić information content (AvgIpc) is 3.07. The Morgan fingerprint density at radius 2 is 2.12 bits per heavy atom. The number of fused-ring (bicyclic) bond motifs is 1. The monoisotopic (exact) mass is 364 g/mol. The zero-order chi connectivity index (χ0) is 18.4. The molecule has 2 aliphatic rings. The summed E-state index contributed by atoms with van der Waals surface area (Å²) in [7, 11) is 0. The van der Waals surface area contributed by atoms with Crippen LogP contribution < -0.4 is 5.32 Å². The van der Waals surface area contributed by atoms with Crippen LogP contribution in [0.15, 0.2) is 12.1 Å². The third-order valence-electron chi connectivity index (χ3n) is 5.93. The highest BCUT2D eigenvalue weighted by molar-refractivity contribution is 6.34. The van der Waals surface area contributed by atoms with Crippen molar-refractivity contribution in [2.75, 3.05) is 18.4 Å². The van der Waals surface area contributed by atoms with Crippen LogP contribution >= 0.6 is 11.6 Å². The molecule has 1 aromatic carbocycles. The van der Waals surface area contributed by atoms with Crippen molar-refractivity contribution < 1.29 is 14.7 Å². The number of hydrogen-bond donors (Lipinski definition) is 2. The van der Waals surface area contributed by atoms with Crippen LogP contribution in [-0.4, -0.2) is 41.0 Å². The van der Waals surface area contributed by atoms with Gasteiger partial charge in [-0.25, -0.2) is 0 Å². The minimum atomic E-state index is -0.720. The first-order valence-corrected chi connectivity index (χ1v) is 9.17. The molecule has 5 nitrogen and oxygen atoms in total. The van der Waals surface area contributed by atoms with Gasteiger partial charge in [0.25, 0.3) is 0 Å². The maximum absolute atomic E-state index is 12.7. The first-order valence-electron chi connectivity index (χ1n) is 8.79. The number of anilines is 1. The van der Waals surface area contributed by atoms with Gasteiger partial charge in [0.15, 0.2) is 0 Å². The summed E-state index contributed by atoms with van der Waals surface area (Å²) in [5, 5.41) is 13.2. The van der Waals surface area contributed by atoms with Crippen molar-refractivity contribution in [3.05, 3.63) is 28.3 Å². The van der Waals surface area contributed by atoms with Crippen molar-refractivity contribution in [2.24, 2.45) is 11.3 Å². The average molecular weight is 365 g/mol. The van der Waals surface area contributed by atoms with Gasteiger partial charge in [0.1, 0.15) is 0 Å². The SMILES string of the molecule is Cc1cc(C)c(NC(=O)C(C)N2C[C@@H]3CCC[C@@]3(C(=O)O)C2)c(Cl)c1. The lowest BCUT2D eigenvalue weighted by Gasteiger charge is -2.27. The zero-order valence-corrected chi connectivity index (χ0v) is 15.7. The number of amides is 1. The largest absolute Gasteiger partial charge is 0.481 e. The molecule has 0 spiro atoms. The maximum Gasteiger partial charge on any atom is 0.311 e. The number of aryl methyl sites for hydroxylation is 2. The molecular formula is C19H25ClN2O3. The second-order valence-electron chi connectivity index (χ2n) is 7.58. The van der Waals surface area contributed by atoms with Crippen molar-refractivity contribution in [3.63, 3.8) is 0 Å². The van der Waals surface area contributed by atoms with Crippen LogP contribution in [0.4, 0.5) is 5.69 Å². The van der Waals surface area contributed by atoms with Crippen molar-refractivity contribution in [1.82, 2.24) is 4.90 Å². The highest BCUT2D eigenvalue weighted by Gasteiger charge is 2.55. The minimum absolute atomic E-state index is 0.143. The molecule has 1 aliphatic carbocycles. The van der Waals surface area contributed by atoms with E-state index in [1.54, 1.807) is 0 Å². The van der Waals surface area contributed by atoms with E-state index < -0.39 is 17.4 Å². The van der Waals surface area contributed by atoms with Gasteiger partial charge in [-0.05, 0) is 56.7 Å². The number of carbonyl (C=O) groups excluding carboxylic acids is 1. The number of aliphatic carboxylic acids is 1. The fraction of sp³-hybridized carbons (Fsp3) is 0.579. The third kappa shape index (κ3) is 3.15. The summed E-state index contributed by atoms with van der Waals surface area (Å²) < 4.78 is 0. The Morgan fingerprint density at radius 3 is 2.72 bits per heavy atom. The topological polar surface area (TPSA) is 69.6 Å². The van der Waals surface area contributed by atoms with Gasteiger partial charge in [0, 0.05) is 13.1 Å². The third-order valence-corrected chi connectivity index (χ3v) is 6.23. The smallest absolute Gasteiger partial charge is 0.311 e. The molecule has 25 heavy (non-hydrogen) atoms. The minimum Gasteiger partial charge on any atom is -0.481 e. The fourth-order valence-electron chi connectivity index (χ4n) is 4.44. The number of likely N-dealkylation sites (tertiary alicyclic amines) is 1. The van der Waals surface area contributed by atoms with Gasteiger partial charge < -0.3 is 10.4 Å². The number of nitrogens with one attached hydrogen (secondary N) is 1. The second kappa shape index (κ2) is 6.61. The molecule has 1 saturated heterocycles. The van der Waals surface area contributed by atoms with E-state index in [2.05, 4.69) is 5.32 Å². The van der Waals surface area contributed by atoms with Gasteiger partial charge >= 0.3 is 5.97 Å². The van der Waals surface area contributed by atoms with Gasteiger partial charge in [-0.2, -0.15) is 0 Å². The van der Waals surface area contributed by atoms with E-state index in [1.807, 2.05) is 37.8 Å². The fourth-order valence-corrected chi connectivity index (χ4v) is 4.81. The van der Waals surface area contributed by atoms with Crippen molar-refractivity contribution >= 4 is 29.2 Å². The van der Waals surface area contributed by atoms with Crippen LogP contribution in [0.25, 0.3) is 0 Å². The second-order valence-corrected chi connectivity index (χ2v) is 7.99. The van der Waals surface area contributed by atoms with Crippen LogP contribution in [-0.2, 0) is 9.59 Å². The number of nitrogens with zero attached hydrogens (tertiary/aromatic N) is 1. The lowest BCUT2D eigenvalue weighted by atomic mass is 9.81. The molecule has 136 valence electrons. The van der Waals surface area contributed by atoms with Crippen LogP contribution in [0.5, 0.6) is 0 Å². The summed E-state index contributed by atoms with van der Waals surface area (Å²) in [5.74, 6) is -0.721. The van der Waals surface area contributed by atoms with Crippen molar-refractivity contribution in [3.8, 4) is 0 Å². The quantitative estimate of drug-likeness (QED) is 0.858. The Morgan fingerprint density at radius 1 is 1.40 bits per heavy atom. The number of carboxylic acid groups (broad SMARTS) is 1. The number of hydrogen-bond acceptors (Lipinski definition) is 3. The highest BCUT2D eigenvalue weighted by atomic mass is 35.5. The molecule has 1 heterocycles. The predicted molar refractivity (Wildman–Crippen MR) is 98.0 cm³/mol. The molecule has 1 aromatic rings. The van der Waals surface area contributed by atoms with Gasteiger partial charge in [0.2, 0.25) is 5.91 Å². The molecule has 1 amide bonds. The molecule has 0 radical (unpaired) electrons. The summed E-state index contributed by atoms with van der Waals surface area (Å²) in [4.78, 5) is 26.5. The standard InChI is InChI=1S/C19H25ClN2O3/c1-11-7-12(2)16(15(20)8-11)21-17(23)13(3)22-9-14-5-4-6-19(14,10-22)18(24)25/h7-8,13-14H,4-6,9-10H2,1-3H3,(H,21,23)(H,24,25)/t13?,14-,19+/m0/s1. The van der Waals surface area contributed by atoms with E-state index in [-0.39, 0.29) is 11.8 Å². The van der Waals surface area contributed by atoms with Crippen LogP contribution in [0.3, 0.4) is 0 Å². The van der Waals surface area contributed by atoms with Gasteiger partial charge in [-0.1, -0.05) is 24.1 Å². The Kier molecular flexibility index (Phi) is 4.82. The number of halogens is 1. The highest BCUT2D eigenvalue weighted by Crippen LogP contribution is 2.49. The lowest BCUT2D eigenvalue weighted by molar-refractivity contribution is -0.149. The first kappa shape index (κ1) is 18.2. The molecule has 1 unspecified atom stereocenters. The first-order chi connectivity index (χ1) is 11.7. The van der Waals surface area contributed by atoms with E-state index in [4.69, 9.17) is 11.6 Å². The molecule has 1 saturated carbocycles. The lowest BCUT2D eigenvalue weighted by Crippen LogP contribution is -2.43. The number of carbonyl (C=O) groups is 2. The Hall–Kier alpha value is -1.59. The summed E-state index contributed by atoms with van der Waals surface area (Å²) in [6, 6.07) is 3.42. The summed E-state index contributed by atoms with van der Waals surface area (Å²) in [6.45, 7) is 6.83. The van der Waals surface area contributed by atoms with Gasteiger partial charge in [0.05, 0.1) is 22.2 Å². The number of benzene rings is 1. The number of rotatable bonds is 4.